The molecule has 1 unspecified atom stereocenters. The van der Waals surface area contributed by atoms with Gasteiger partial charge in [0.25, 0.3) is 5.91 Å². The van der Waals surface area contributed by atoms with E-state index in [2.05, 4.69) is 55.6 Å². The number of rotatable bonds is 11. The highest BCUT2D eigenvalue weighted by Crippen LogP contribution is 2.40. The summed E-state index contributed by atoms with van der Waals surface area (Å²) in [5.74, 6) is 0.978. The molecule has 4 N–H and O–H groups in total. The molecule has 0 bridgehead atoms. The number of nitrogens with zero attached hydrogens (tertiary/aromatic N) is 2. The predicted molar refractivity (Wildman–Crippen MR) is 149 cm³/mol. The van der Waals surface area contributed by atoms with Gasteiger partial charge >= 0.3 is 0 Å². The van der Waals surface area contributed by atoms with E-state index in [1.165, 1.54) is 5.56 Å². The predicted octanol–water partition coefficient (Wildman–Crippen LogP) is 5.26. The number of carbonyl (C=O) groups excluding carboxylic acids is 2. The van der Waals surface area contributed by atoms with Crippen LogP contribution in [-0.2, 0) is 15.9 Å². The standard InChI is InChI=1S/C30H39N5O3/c1-5-30(6-2,22-14-16-23(17-15-22)38-18-10-13-26(31)36)34-28(37)24-20-32-35-27(24)33-25(19-29(35,3)4)21-11-8-7-9-12-21/h7-9,11-12,14-17,20,25,33H,5-6,10,13,18-19H2,1-4H3,(H2,31,36)(H,34,37). The van der Waals surface area contributed by atoms with E-state index >= 15 is 0 Å². The molecule has 4 rings (SSSR count). The zero-order valence-corrected chi connectivity index (χ0v) is 22.8. The van der Waals surface area contributed by atoms with Crippen molar-refractivity contribution in [3.63, 3.8) is 0 Å². The second-order valence-electron chi connectivity index (χ2n) is 10.6. The van der Waals surface area contributed by atoms with Crippen molar-refractivity contribution >= 4 is 17.6 Å². The largest absolute Gasteiger partial charge is 0.494 e. The average Bonchev–Trinajstić information content (AvgIpc) is 3.36. The summed E-state index contributed by atoms with van der Waals surface area (Å²) in [6.07, 6.45) is 4.86. The normalized spacial score (nSPS) is 16.3. The van der Waals surface area contributed by atoms with E-state index in [1.54, 1.807) is 6.20 Å². The van der Waals surface area contributed by atoms with Crippen LogP contribution in [0.1, 0.15) is 87.3 Å². The van der Waals surface area contributed by atoms with Gasteiger partial charge < -0.3 is 21.1 Å². The molecule has 2 heterocycles. The van der Waals surface area contributed by atoms with Gasteiger partial charge in [0.15, 0.2) is 0 Å². The van der Waals surface area contributed by atoms with E-state index in [4.69, 9.17) is 10.5 Å². The summed E-state index contributed by atoms with van der Waals surface area (Å²) in [5, 5.41) is 11.6. The van der Waals surface area contributed by atoms with Crippen LogP contribution in [0.2, 0.25) is 0 Å². The molecule has 0 spiro atoms. The first-order chi connectivity index (χ1) is 18.2. The van der Waals surface area contributed by atoms with Crippen LogP contribution < -0.4 is 21.1 Å². The van der Waals surface area contributed by atoms with Gasteiger partial charge in [0.05, 0.1) is 29.9 Å². The molecule has 3 aromatic rings. The molecule has 0 saturated carbocycles. The molecule has 0 saturated heterocycles. The summed E-state index contributed by atoms with van der Waals surface area (Å²) in [6, 6.07) is 18.2. The number of hydrogen-bond acceptors (Lipinski definition) is 5. The highest BCUT2D eigenvalue weighted by Gasteiger charge is 2.38. The van der Waals surface area contributed by atoms with Crippen LogP contribution >= 0.6 is 0 Å². The fraction of sp³-hybridized carbons (Fsp3) is 0.433. The summed E-state index contributed by atoms with van der Waals surface area (Å²) in [6.45, 7) is 8.89. The first kappa shape index (κ1) is 27.2. The van der Waals surface area contributed by atoms with Gasteiger partial charge in [-0.3, -0.25) is 9.59 Å². The molecule has 1 aromatic heterocycles. The van der Waals surface area contributed by atoms with Crippen LogP contribution in [0.3, 0.4) is 0 Å². The molecule has 1 atom stereocenters. The third-order valence-corrected chi connectivity index (χ3v) is 7.61. The first-order valence-electron chi connectivity index (χ1n) is 13.4. The maximum absolute atomic E-state index is 13.8. The van der Waals surface area contributed by atoms with Crippen LogP contribution in [0.4, 0.5) is 5.82 Å². The fourth-order valence-electron chi connectivity index (χ4n) is 5.30. The van der Waals surface area contributed by atoms with Crippen molar-refractivity contribution in [3.8, 4) is 5.75 Å². The number of ether oxygens (including phenoxy) is 1. The lowest BCUT2D eigenvalue weighted by atomic mass is 9.84. The van der Waals surface area contributed by atoms with Crippen LogP contribution in [0.15, 0.2) is 60.8 Å². The van der Waals surface area contributed by atoms with Crippen molar-refractivity contribution in [2.24, 2.45) is 5.73 Å². The Morgan fingerprint density at radius 3 is 2.45 bits per heavy atom. The number of nitrogens with one attached hydrogen (secondary N) is 2. The van der Waals surface area contributed by atoms with Crippen LogP contribution in [-0.4, -0.2) is 28.2 Å². The van der Waals surface area contributed by atoms with E-state index in [0.717, 1.165) is 36.4 Å². The lowest BCUT2D eigenvalue weighted by Crippen LogP contribution is -2.45. The van der Waals surface area contributed by atoms with Gasteiger partial charge in [-0.1, -0.05) is 56.3 Å². The minimum absolute atomic E-state index is 0.0829. The van der Waals surface area contributed by atoms with Crippen molar-refractivity contribution in [2.75, 3.05) is 11.9 Å². The van der Waals surface area contributed by atoms with E-state index in [-0.39, 0.29) is 23.4 Å². The van der Waals surface area contributed by atoms with Gasteiger partial charge in [0, 0.05) is 6.42 Å². The van der Waals surface area contributed by atoms with Crippen molar-refractivity contribution in [1.82, 2.24) is 15.1 Å². The second kappa shape index (κ2) is 11.3. The van der Waals surface area contributed by atoms with Crippen LogP contribution in [0.5, 0.6) is 5.75 Å². The molecule has 2 amide bonds. The summed E-state index contributed by atoms with van der Waals surface area (Å²) in [5.41, 5.74) is 7.14. The number of benzene rings is 2. The quantitative estimate of drug-likeness (QED) is 0.300. The number of nitrogens with two attached hydrogens (primary N) is 1. The molecule has 8 nitrogen and oxygen atoms in total. The van der Waals surface area contributed by atoms with E-state index in [0.29, 0.717) is 25.0 Å². The zero-order valence-electron chi connectivity index (χ0n) is 22.8. The maximum Gasteiger partial charge on any atom is 0.257 e. The highest BCUT2D eigenvalue weighted by atomic mass is 16.5. The Labute approximate surface area is 224 Å². The minimum atomic E-state index is -0.542. The summed E-state index contributed by atoms with van der Waals surface area (Å²) in [7, 11) is 0. The number of hydrogen-bond donors (Lipinski definition) is 3. The summed E-state index contributed by atoms with van der Waals surface area (Å²) < 4.78 is 7.68. The van der Waals surface area contributed by atoms with Gasteiger partial charge in [-0.15, -0.1) is 0 Å². The molecule has 0 fully saturated rings. The van der Waals surface area contributed by atoms with E-state index < -0.39 is 5.54 Å². The number of carbonyl (C=O) groups is 2. The first-order valence-corrected chi connectivity index (χ1v) is 13.4. The maximum atomic E-state index is 13.8. The topological polar surface area (TPSA) is 111 Å². The summed E-state index contributed by atoms with van der Waals surface area (Å²) in [4.78, 5) is 24.7. The number of primary amides is 1. The molecule has 1 aliphatic rings. The Bertz CT molecular complexity index is 1250. The molecule has 8 heteroatoms. The average molecular weight is 518 g/mol. The Balaban J connectivity index is 1.54. The van der Waals surface area contributed by atoms with Crippen molar-refractivity contribution in [1.29, 1.82) is 0 Å². The summed E-state index contributed by atoms with van der Waals surface area (Å²) >= 11 is 0. The Hall–Kier alpha value is -3.81. The number of anilines is 1. The third kappa shape index (κ3) is 5.69. The van der Waals surface area contributed by atoms with Crippen LogP contribution in [0.25, 0.3) is 0 Å². The molecule has 38 heavy (non-hydrogen) atoms. The second-order valence-corrected chi connectivity index (χ2v) is 10.6. The van der Waals surface area contributed by atoms with Gasteiger partial charge in [0.2, 0.25) is 5.91 Å². The SMILES string of the molecule is CCC(CC)(NC(=O)c1cnn2c1NC(c1ccccc1)CC2(C)C)c1ccc(OCCCC(N)=O)cc1. The Morgan fingerprint density at radius 2 is 1.82 bits per heavy atom. The van der Waals surface area contributed by atoms with Gasteiger partial charge in [-0.25, -0.2) is 4.68 Å². The smallest absolute Gasteiger partial charge is 0.257 e. The van der Waals surface area contributed by atoms with E-state index in [1.807, 2.05) is 47.1 Å². The van der Waals surface area contributed by atoms with Crippen molar-refractivity contribution in [3.05, 3.63) is 77.5 Å². The lowest BCUT2D eigenvalue weighted by Gasteiger charge is -2.38. The van der Waals surface area contributed by atoms with Crippen LogP contribution in [0, 0.1) is 0 Å². The van der Waals surface area contributed by atoms with Gasteiger partial charge in [-0.05, 0) is 62.8 Å². The minimum Gasteiger partial charge on any atom is -0.494 e. The molecule has 0 radical (unpaired) electrons. The molecule has 202 valence electrons. The lowest BCUT2D eigenvalue weighted by molar-refractivity contribution is -0.118. The van der Waals surface area contributed by atoms with Gasteiger partial charge in [-0.2, -0.15) is 5.10 Å². The van der Waals surface area contributed by atoms with Crippen molar-refractivity contribution in [2.45, 2.75) is 76.9 Å². The number of fused-ring (bicyclic) bond motifs is 1. The Kier molecular flexibility index (Phi) is 8.09. The number of aromatic nitrogens is 2. The van der Waals surface area contributed by atoms with E-state index in [9.17, 15) is 9.59 Å². The van der Waals surface area contributed by atoms with Crippen molar-refractivity contribution < 1.29 is 14.3 Å². The molecule has 1 aliphatic heterocycles. The monoisotopic (exact) mass is 517 g/mol. The van der Waals surface area contributed by atoms with Gasteiger partial charge in [0.1, 0.15) is 17.1 Å². The third-order valence-electron chi connectivity index (χ3n) is 7.61. The molecular weight excluding hydrogens is 478 g/mol. The molecular formula is C30H39N5O3. The highest BCUT2D eigenvalue weighted by molar-refractivity contribution is 5.99. The number of amides is 2. The Morgan fingerprint density at radius 1 is 1.13 bits per heavy atom. The molecule has 0 aliphatic carbocycles. The fourth-order valence-corrected chi connectivity index (χ4v) is 5.30. The molecule has 2 aromatic carbocycles. The zero-order chi connectivity index (χ0) is 27.3.